The van der Waals surface area contributed by atoms with Crippen molar-refractivity contribution in [2.24, 2.45) is 11.7 Å². The average Bonchev–Trinajstić information content (AvgIpc) is 1.45. The number of hydrogen-bond acceptors (Lipinski definition) is 19. The van der Waals surface area contributed by atoms with E-state index in [-0.39, 0.29) is 99.1 Å². The number of ether oxygens (including phenoxy) is 5. The van der Waals surface area contributed by atoms with Gasteiger partial charge in [0.05, 0.1) is 34.6 Å². The Labute approximate surface area is 523 Å². The second-order valence-corrected chi connectivity index (χ2v) is 27.0. The first-order valence-corrected chi connectivity index (χ1v) is 33.7. The summed E-state index contributed by atoms with van der Waals surface area (Å²) in [6.07, 6.45) is 7.53. The van der Waals surface area contributed by atoms with Crippen LogP contribution in [0.5, 0.6) is 0 Å². The molecule has 4 N–H and O–H groups in total. The van der Waals surface area contributed by atoms with Gasteiger partial charge in [-0.3, -0.25) is 28.2 Å². The maximum absolute atomic E-state index is 14.5. The number of aromatic nitrogens is 4. The average molecular weight is 1280 g/mol. The quantitative estimate of drug-likeness (QED) is 0.0132. The third-order valence-electron chi connectivity index (χ3n) is 15.4. The lowest BCUT2D eigenvalue weighted by Gasteiger charge is -2.35. The van der Waals surface area contributed by atoms with Gasteiger partial charge >= 0.3 is 18.2 Å². The lowest BCUT2D eigenvalue weighted by Crippen LogP contribution is -2.47. The van der Waals surface area contributed by atoms with E-state index in [2.05, 4.69) is 38.3 Å². The number of nitrogens with zero attached hydrogens (tertiary/aromatic N) is 5. The predicted octanol–water partition coefficient (Wildman–Crippen LogP) is 6.37. The fourth-order valence-electron chi connectivity index (χ4n) is 10.8. The van der Waals surface area contributed by atoms with Gasteiger partial charge in [0.2, 0.25) is 26.5 Å². The van der Waals surface area contributed by atoms with E-state index in [0.717, 1.165) is 22.8 Å². The van der Waals surface area contributed by atoms with Gasteiger partial charge in [-0.2, -0.15) is 0 Å². The Morgan fingerprint density at radius 3 is 2.28 bits per heavy atom. The molecule has 2 aromatic carbocycles. The van der Waals surface area contributed by atoms with Crippen LogP contribution in [0.2, 0.25) is 0 Å². The summed E-state index contributed by atoms with van der Waals surface area (Å²) in [6, 6.07) is 13.3. The van der Waals surface area contributed by atoms with Crippen LogP contribution in [0, 0.1) is 24.7 Å². The van der Waals surface area contributed by atoms with Crippen molar-refractivity contribution in [3.05, 3.63) is 110 Å². The molecule has 5 heterocycles. The summed E-state index contributed by atoms with van der Waals surface area (Å²) in [5.41, 5.74) is 8.40. The number of ketones is 3. The molecule has 90 heavy (non-hydrogen) atoms. The monoisotopic (exact) mass is 1280 g/mol. The van der Waals surface area contributed by atoms with E-state index in [1.807, 2.05) is 42.4 Å². The molecular weight excluding hydrogens is 1200 g/mol. The Balaban J connectivity index is 0.875. The highest BCUT2D eigenvalue weighted by Crippen LogP contribution is 2.42. The summed E-state index contributed by atoms with van der Waals surface area (Å²) in [6.45, 7) is 7.27. The van der Waals surface area contributed by atoms with Crippen LogP contribution < -0.4 is 21.9 Å². The van der Waals surface area contributed by atoms with Gasteiger partial charge in [0.25, 0.3) is 5.56 Å². The van der Waals surface area contributed by atoms with Crippen LogP contribution in [0.4, 0.5) is 15.3 Å². The molecule has 2 aliphatic rings. The number of benzene rings is 2. The Bertz CT molecular complexity index is 3880. The smallest absolute Gasteiger partial charge is 0.457 e. The third-order valence-corrected chi connectivity index (χ3v) is 17.9. The van der Waals surface area contributed by atoms with Crippen molar-refractivity contribution in [2.75, 3.05) is 57.3 Å². The number of aryl methyl sites for hydroxylation is 1. The minimum absolute atomic E-state index is 0.0516. The molecule has 3 atom stereocenters. The third kappa shape index (κ3) is 18.5. The molecule has 2 aliphatic heterocycles. The van der Waals surface area contributed by atoms with Gasteiger partial charge in [0, 0.05) is 127 Å². The summed E-state index contributed by atoms with van der Waals surface area (Å²) < 4.78 is 67.8. The molecule has 0 saturated carbocycles. The number of sulfone groups is 1. The lowest BCUT2D eigenvalue weighted by atomic mass is 9.85. The van der Waals surface area contributed by atoms with Gasteiger partial charge in [-0.1, -0.05) is 43.0 Å². The molecule has 26 heteroatoms. The van der Waals surface area contributed by atoms with Crippen molar-refractivity contribution in [1.82, 2.24) is 29.1 Å². The number of esters is 1. The Kier molecular flexibility index (Phi) is 24.2. The van der Waals surface area contributed by atoms with E-state index in [0.29, 0.717) is 104 Å². The molecule has 3 amide bonds. The van der Waals surface area contributed by atoms with Crippen molar-refractivity contribution in [3.63, 3.8) is 0 Å². The van der Waals surface area contributed by atoms with Gasteiger partial charge in [-0.05, 0) is 113 Å². The van der Waals surface area contributed by atoms with Gasteiger partial charge in [-0.25, -0.2) is 42.1 Å². The number of carbonyl (C=O) groups is 7. The first-order valence-electron chi connectivity index (χ1n) is 29.7. The van der Waals surface area contributed by atoms with Crippen molar-refractivity contribution in [2.45, 2.75) is 141 Å². The topological polar surface area (TPSA) is 331 Å². The highest BCUT2D eigenvalue weighted by molar-refractivity contribution is 7.97. The van der Waals surface area contributed by atoms with Crippen LogP contribution in [0.1, 0.15) is 130 Å². The van der Waals surface area contributed by atoms with Gasteiger partial charge < -0.3 is 44.6 Å². The molecule has 3 aromatic heterocycles. The molecule has 0 fully saturated rings. The lowest BCUT2D eigenvalue weighted by molar-refractivity contribution is -0.175. The first-order chi connectivity index (χ1) is 42.8. The molecule has 0 spiro atoms. The summed E-state index contributed by atoms with van der Waals surface area (Å²) >= 11 is 0. The van der Waals surface area contributed by atoms with E-state index >= 15 is 0 Å². The molecule has 482 valence electrons. The Morgan fingerprint density at radius 1 is 0.900 bits per heavy atom. The number of amides is 3. The SMILES string of the molecule is C=S(C)(=O)N(CCc1c2c(nc3ccccc13)-c1cc3c(c(=O)n1C2)COC(=O)[C@@]3(CC)OC(=O)OCc1ccc(NC(=O)[C@H](CCCNC(N)=O)CC(=O)COCC(=O)CCCOCCCC(=O)CCCC#Cc2cnc(S(C)(=O)=O)nc2)cc1C)C(C)C. The maximum atomic E-state index is 14.5. The molecule has 1 unspecified atom stereocenters. The fraction of sp³-hybridized carbons (Fsp3) is 0.469. The van der Waals surface area contributed by atoms with Gasteiger partial charge in [-0.15, -0.1) is 0 Å². The number of fused-ring (bicyclic) bond motifs is 5. The van der Waals surface area contributed by atoms with Crippen LogP contribution >= 0.6 is 0 Å². The normalized spacial score (nSPS) is 15.1. The number of para-hydroxylation sites is 1. The van der Waals surface area contributed by atoms with Crippen molar-refractivity contribution < 1.29 is 69.9 Å². The predicted molar refractivity (Wildman–Crippen MR) is 336 cm³/mol. The van der Waals surface area contributed by atoms with E-state index in [9.17, 15) is 51.0 Å². The van der Waals surface area contributed by atoms with Gasteiger partial charge in [0.1, 0.15) is 32.2 Å². The van der Waals surface area contributed by atoms with Crippen molar-refractivity contribution in [1.29, 1.82) is 0 Å². The molecule has 0 aliphatic carbocycles. The summed E-state index contributed by atoms with van der Waals surface area (Å²) in [5.74, 6) is 6.87. The highest BCUT2D eigenvalue weighted by Gasteiger charge is 2.51. The number of primary amides is 1. The Hall–Kier alpha value is -8.22. The standard InChI is InChI=1S/C64H78N8O16S2/c1-8-64(54-33-56-57-52(36-71(56)59(77)53(54)40-86-60(64)78)50(51-22-12-13-23-55(51)70-57)26-28-72(41(2)3)89(5,6)81)88-63(80)87-37-45-24-25-46(31-42(45)4)69-58(76)44(18-14-27-66-61(65)79)32-49(75)39-85-38-48(74)21-16-30-84-29-15-20-47(73)19-11-9-10-17-43-34-67-62(68-35-43)90(7,82)83/h12-13,22-25,31,33-35,41,44H,5,8-9,11,14-16,18-21,26-30,32,36-40H2,1-4,6-7H3,(H,69,76)(H3,65,66,79)/t44-,64+,89?/m1/s1. The van der Waals surface area contributed by atoms with Gasteiger partial charge in [0.15, 0.2) is 11.6 Å². The number of cyclic esters (lactones) is 1. The number of unbranched alkanes of at least 4 members (excludes halogenated alkanes) is 1. The number of nitrogens with one attached hydrogen (secondary N) is 2. The zero-order chi connectivity index (χ0) is 65.3. The number of urea groups is 1. The number of rotatable bonds is 33. The minimum Gasteiger partial charge on any atom is -0.457 e. The zero-order valence-electron chi connectivity index (χ0n) is 51.6. The van der Waals surface area contributed by atoms with E-state index in [1.54, 1.807) is 48.9 Å². The van der Waals surface area contributed by atoms with E-state index < -0.39 is 73.1 Å². The molecule has 5 aromatic rings. The second-order valence-electron chi connectivity index (χ2n) is 22.7. The van der Waals surface area contributed by atoms with E-state index in [4.69, 9.17) is 34.4 Å². The number of Topliss-reactive ketones (excluding diaryl/α,β-unsaturated/α-hetero) is 3. The van der Waals surface area contributed by atoms with Crippen LogP contribution in [-0.4, -0.2) is 142 Å². The van der Waals surface area contributed by atoms with E-state index in [1.165, 1.54) is 12.4 Å². The highest BCUT2D eigenvalue weighted by atomic mass is 32.2. The van der Waals surface area contributed by atoms with Crippen molar-refractivity contribution in [3.8, 4) is 23.2 Å². The molecular formula is C64H78N8O16S2. The zero-order valence-corrected chi connectivity index (χ0v) is 53.3. The second kappa shape index (κ2) is 31.5. The molecule has 0 saturated heterocycles. The molecule has 24 nitrogen and oxygen atoms in total. The minimum atomic E-state index is -3.50. The number of pyridine rings is 2. The number of carbonyl (C=O) groups excluding carboxylic acids is 7. The largest absolute Gasteiger partial charge is 0.510 e. The maximum Gasteiger partial charge on any atom is 0.510 e. The molecule has 0 bridgehead atoms. The van der Waals surface area contributed by atoms with Crippen LogP contribution in [0.15, 0.2) is 70.9 Å². The first kappa shape index (κ1) is 69.3. The fourth-order valence-corrected chi connectivity index (χ4v) is 12.7. The number of nitrogens with two attached hydrogens (primary N) is 1. The van der Waals surface area contributed by atoms with Crippen LogP contribution in [0.3, 0.4) is 0 Å². The number of anilines is 1. The van der Waals surface area contributed by atoms with Crippen LogP contribution in [0.25, 0.3) is 22.3 Å². The van der Waals surface area contributed by atoms with Crippen LogP contribution in [-0.2, 0) is 99.0 Å². The summed E-state index contributed by atoms with van der Waals surface area (Å²) in [7, 11) is -6.05. The molecule has 0 radical (unpaired) electrons. The number of hydrogen-bond donors (Lipinski definition) is 3. The summed E-state index contributed by atoms with van der Waals surface area (Å²) in [4.78, 5) is 118. The Morgan fingerprint density at radius 2 is 1.60 bits per heavy atom. The summed E-state index contributed by atoms with van der Waals surface area (Å²) in [5, 5.41) is 5.92. The van der Waals surface area contributed by atoms with Crippen molar-refractivity contribution >= 4 is 83.4 Å². The molecule has 7 rings (SSSR count).